The smallest absolute Gasteiger partial charge is 0.112 e. The normalized spacial score (nSPS) is 17.0. The van der Waals surface area contributed by atoms with Crippen LogP contribution in [-0.2, 0) is 0 Å². The maximum Gasteiger partial charge on any atom is 0.112 e. The van der Waals surface area contributed by atoms with Gasteiger partial charge in [-0.3, -0.25) is 0 Å². The summed E-state index contributed by atoms with van der Waals surface area (Å²) in [5.41, 5.74) is 9.00. The molecule has 1 saturated carbocycles. The van der Waals surface area contributed by atoms with Crippen LogP contribution >= 0.6 is 0 Å². The van der Waals surface area contributed by atoms with Crippen LogP contribution in [0.2, 0.25) is 0 Å². The second-order valence-corrected chi connectivity index (χ2v) is 6.48. The Morgan fingerprint density at radius 1 is 1.35 bits per heavy atom. The van der Waals surface area contributed by atoms with E-state index in [9.17, 15) is 0 Å². The average Bonchev–Trinajstić information content (AvgIpc) is 3.15. The first-order chi connectivity index (χ1) is 9.60. The van der Waals surface area contributed by atoms with Crippen LogP contribution in [-0.4, -0.2) is 9.55 Å². The van der Waals surface area contributed by atoms with Crippen molar-refractivity contribution in [2.24, 2.45) is 5.92 Å². The highest BCUT2D eigenvalue weighted by atomic mass is 15.1. The molecule has 0 amide bonds. The molecule has 1 heterocycles. The predicted molar refractivity (Wildman–Crippen MR) is 84.9 cm³/mol. The van der Waals surface area contributed by atoms with Crippen molar-refractivity contribution in [3.05, 3.63) is 24.0 Å². The van der Waals surface area contributed by atoms with E-state index in [1.165, 1.54) is 37.0 Å². The molecule has 20 heavy (non-hydrogen) atoms. The van der Waals surface area contributed by atoms with Crippen LogP contribution in [0.15, 0.2) is 18.2 Å². The van der Waals surface area contributed by atoms with Gasteiger partial charge in [-0.25, -0.2) is 4.98 Å². The molecule has 1 atom stereocenters. The fourth-order valence-corrected chi connectivity index (χ4v) is 3.12. The Labute approximate surface area is 121 Å². The van der Waals surface area contributed by atoms with E-state index >= 15 is 0 Å². The van der Waals surface area contributed by atoms with Gasteiger partial charge >= 0.3 is 0 Å². The lowest BCUT2D eigenvalue weighted by Crippen LogP contribution is -2.13. The Morgan fingerprint density at radius 2 is 2.10 bits per heavy atom. The Balaban J connectivity index is 2.11. The van der Waals surface area contributed by atoms with E-state index in [4.69, 9.17) is 10.7 Å². The van der Waals surface area contributed by atoms with Crippen LogP contribution in [0, 0.1) is 5.92 Å². The molecule has 0 radical (unpaired) electrons. The summed E-state index contributed by atoms with van der Waals surface area (Å²) in [6.45, 7) is 6.75. The largest absolute Gasteiger partial charge is 0.399 e. The Morgan fingerprint density at radius 3 is 2.70 bits per heavy atom. The van der Waals surface area contributed by atoms with Gasteiger partial charge in [-0.15, -0.1) is 0 Å². The molecule has 3 nitrogen and oxygen atoms in total. The van der Waals surface area contributed by atoms with Crippen LogP contribution < -0.4 is 5.73 Å². The Bertz CT molecular complexity index is 608. The average molecular weight is 271 g/mol. The predicted octanol–water partition coefficient (Wildman–Crippen LogP) is 4.49. The fraction of sp³-hybridized carbons (Fsp3) is 0.588. The van der Waals surface area contributed by atoms with Gasteiger partial charge in [0.2, 0.25) is 0 Å². The number of imidazole rings is 1. The van der Waals surface area contributed by atoms with E-state index in [0.717, 1.165) is 17.1 Å². The monoisotopic (exact) mass is 271 g/mol. The molecule has 1 aromatic carbocycles. The number of rotatable bonds is 5. The lowest BCUT2D eigenvalue weighted by Gasteiger charge is -2.22. The van der Waals surface area contributed by atoms with Gasteiger partial charge in [0.15, 0.2) is 0 Å². The second-order valence-electron chi connectivity index (χ2n) is 6.48. The van der Waals surface area contributed by atoms with Gasteiger partial charge in [0.1, 0.15) is 5.82 Å². The molecule has 108 valence electrons. The third-order valence-corrected chi connectivity index (χ3v) is 4.40. The lowest BCUT2D eigenvalue weighted by atomic mass is 10.1. The zero-order chi connectivity index (χ0) is 14.3. The van der Waals surface area contributed by atoms with Gasteiger partial charge in [0.25, 0.3) is 0 Å². The van der Waals surface area contributed by atoms with Crippen molar-refractivity contribution in [1.29, 1.82) is 0 Å². The molecule has 0 saturated heterocycles. The molecular formula is C17H25N3. The van der Waals surface area contributed by atoms with E-state index in [1.807, 2.05) is 12.1 Å². The van der Waals surface area contributed by atoms with E-state index in [0.29, 0.717) is 12.0 Å². The molecule has 2 aromatic rings. The number of nitrogen functional groups attached to an aromatic ring is 1. The molecule has 1 aromatic heterocycles. The van der Waals surface area contributed by atoms with Crippen molar-refractivity contribution in [3.63, 3.8) is 0 Å². The first-order valence-corrected chi connectivity index (χ1v) is 7.87. The molecule has 1 fully saturated rings. The highest BCUT2D eigenvalue weighted by Crippen LogP contribution is 2.40. The van der Waals surface area contributed by atoms with Gasteiger partial charge in [-0.2, -0.15) is 0 Å². The van der Waals surface area contributed by atoms with Crippen molar-refractivity contribution in [3.8, 4) is 0 Å². The van der Waals surface area contributed by atoms with Crippen molar-refractivity contribution in [1.82, 2.24) is 9.55 Å². The van der Waals surface area contributed by atoms with Crippen molar-refractivity contribution in [2.75, 3.05) is 5.73 Å². The van der Waals surface area contributed by atoms with E-state index in [2.05, 4.69) is 31.4 Å². The number of benzene rings is 1. The molecule has 0 bridgehead atoms. The summed E-state index contributed by atoms with van der Waals surface area (Å²) in [4.78, 5) is 4.85. The minimum absolute atomic E-state index is 0.442. The Hall–Kier alpha value is -1.51. The topological polar surface area (TPSA) is 43.8 Å². The minimum Gasteiger partial charge on any atom is -0.399 e. The zero-order valence-electron chi connectivity index (χ0n) is 12.8. The fourth-order valence-electron chi connectivity index (χ4n) is 3.12. The summed E-state index contributed by atoms with van der Waals surface area (Å²) in [6, 6.07) is 6.71. The van der Waals surface area contributed by atoms with Crippen LogP contribution in [0.4, 0.5) is 5.69 Å². The summed E-state index contributed by atoms with van der Waals surface area (Å²) in [5, 5.41) is 0. The molecule has 1 aliphatic carbocycles. The van der Waals surface area contributed by atoms with E-state index in [1.54, 1.807) is 0 Å². The van der Waals surface area contributed by atoms with Crippen molar-refractivity contribution < 1.29 is 0 Å². The number of nitrogens with zero attached hydrogens (tertiary/aromatic N) is 2. The number of hydrogen-bond donors (Lipinski definition) is 1. The van der Waals surface area contributed by atoms with E-state index < -0.39 is 0 Å². The first kappa shape index (κ1) is 13.5. The number of fused-ring (bicyclic) bond motifs is 1. The molecular weight excluding hydrogens is 246 g/mol. The molecule has 3 rings (SSSR count). The minimum atomic E-state index is 0.442. The zero-order valence-corrected chi connectivity index (χ0v) is 12.8. The molecule has 2 N–H and O–H groups in total. The maximum absolute atomic E-state index is 5.91. The van der Waals surface area contributed by atoms with Crippen LogP contribution in [0.5, 0.6) is 0 Å². The molecule has 0 aliphatic heterocycles. The summed E-state index contributed by atoms with van der Waals surface area (Å²) < 4.78 is 2.48. The first-order valence-electron chi connectivity index (χ1n) is 7.87. The van der Waals surface area contributed by atoms with Gasteiger partial charge in [-0.05, 0) is 37.0 Å². The van der Waals surface area contributed by atoms with Gasteiger partial charge in [0, 0.05) is 17.6 Å². The highest BCUT2D eigenvalue weighted by Gasteiger charge is 2.28. The van der Waals surface area contributed by atoms with E-state index in [-0.39, 0.29) is 0 Å². The molecule has 0 spiro atoms. The maximum atomic E-state index is 5.91. The van der Waals surface area contributed by atoms with Crippen molar-refractivity contribution in [2.45, 2.75) is 58.4 Å². The number of aromatic nitrogens is 2. The molecule has 3 heteroatoms. The highest BCUT2D eigenvalue weighted by molar-refractivity contribution is 5.80. The van der Waals surface area contributed by atoms with Crippen molar-refractivity contribution >= 4 is 16.7 Å². The quantitative estimate of drug-likeness (QED) is 0.814. The standard InChI is InChI=1S/C17H25N3/c1-4-14(9-12-5-6-12)20-16-8-7-13(18)10-15(16)19-17(20)11(2)3/h7-8,10-12,14H,4-6,9,18H2,1-3H3. The SMILES string of the molecule is CCC(CC1CC1)n1c(C(C)C)nc2cc(N)ccc21. The summed E-state index contributed by atoms with van der Waals surface area (Å²) in [7, 11) is 0. The van der Waals surface area contributed by atoms with Crippen LogP contribution in [0.25, 0.3) is 11.0 Å². The van der Waals surface area contributed by atoms with Gasteiger partial charge < -0.3 is 10.3 Å². The lowest BCUT2D eigenvalue weighted by molar-refractivity contribution is 0.420. The van der Waals surface area contributed by atoms with Crippen LogP contribution in [0.1, 0.15) is 64.2 Å². The van der Waals surface area contributed by atoms with Gasteiger partial charge in [-0.1, -0.05) is 33.6 Å². The van der Waals surface area contributed by atoms with Gasteiger partial charge in [0.05, 0.1) is 11.0 Å². The number of anilines is 1. The molecule has 1 unspecified atom stereocenters. The Kier molecular flexibility index (Phi) is 3.45. The number of hydrogen-bond acceptors (Lipinski definition) is 2. The summed E-state index contributed by atoms with van der Waals surface area (Å²) >= 11 is 0. The second kappa shape index (κ2) is 5.12. The van der Waals surface area contributed by atoms with Crippen LogP contribution in [0.3, 0.4) is 0 Å². The summed E-state index contributed by atoms with van der Waals surface area (Å²) in [6.07, 6.45) is 5.29. The third kappa shape index (κ3) is 2.41. The number of nitrogens with two attached hydrogens (primary N) is 1. The molecule has 1 aliphatic rings. The third-order valence-electron chi connectivity index (χ3n) is 4.40. The summed E-state index contributed by atoms with van der Waals surface area (Å²) in [5.74, 6) is 2.58.